The molecule has 116 valence electrons. The highest BCUT2D eigenvalue weighted by molar-refractivity contribution is 6.11. The number of carbonyl (C=O) groups is 3. The highest BCUT2D eigenvalue weighted by Gasteiger charge is 2.21. The summed E-state index contributed by atoms with van der Waals surface area (Å²) in [7, 11) is 0. The molecule has 0 aliphatic carbocycles. The second-order valence-corrected chi connectivity index (χ2v) is 5.10. The van der Waals surface area contributed by atoms with Crippen LogP contribution >= 0.6 is 0 Å². The summed E-state index contributed by atoms with van der Waals surface area (Å²) < 4.78 is 17.7. The molecular weight excluding hydrogens is 301 g/mol. The van der Waals surface area contributed by atoms with Crippen molar-refractivity contribution in [2.24, 2.45) is 0 Å². The minimum Gasteiger partial charge on any atom is -0.457 e. The van der Waals surface area contributed by atoms with E-state index in [4.69, 9.17) is 4.74 Å². The van der Waals surface area contributed by atoms with E-state index in [2.05, 4.69) is 5.32 Å². The zero-order chi connectivity index (χ0) is 16.4. The molecule has 0 saturated carbocycles. The van der Waals surface area contributed by atoms with E-state index in [1.165, 1.54) is 24.3 Å². The first-order valence-electron chi connectivity index (χ1n) is 6.91. The van der Waals surface area contributed by atoms with Gasteiger partial charge >= 0.3 is 5.97 Å². The third-order valence-electron chi connectivity index (χ3n) is 3.45. The third-order valence-corrected chi connectivity index (χ3v) is 3.45. The van der Waals surface area contributed by atoms with E-state index in [0.717, 1.165) is 0 Å². The van der Waals surface area contributed by atoms with Gasteiger partial charge in [0.1, 0.15) is 12.4 Å². The maximum atomic E-state index is 12.8. The molecule has 0 bridgehead atoms. The summed E-state index contributed by atoms with van der Waals surface area (Å²) >= 11 is 0. The van der Waals surface area contributed by atoms with Crippen molar-refractivity contribution in [1.29, 1.82) is 0 Å². The fourth-order valence-electron chi connectivity index (χ4n) is 2.30. The fraction of sp³-hybridized carbons (Fsp3) is 0.118. The number of hydrogen-bond donors (Lipinski definition) is 1. The summed E-state index contributed by atoms with van der Waals surface area (Å²) in [6.45, 7) is 0.173. The Kier molecular flexibility index (Phi) is 3.89. The van der Waals surface area contributed by atoms with E-state index >= 15 is 0 Å². The lowest BCUT2D eigenvalue weighted by molar-refractivity contribution is -0.115. The average molecular weight is 313 g/mol. The van der Waals surface area contributed by atoms with E-state index < -0.39 is 17.5 Å². The molecule has 1 aliphatic heterocycles. The Bertz CT molecular complexity index is 799. The Morgan fingerprint density at radius 3 is 2.61 bits per heavy atom. The number of nitrogens with one attached hydrogen (secondary N) is 1. The van der Waals surface area contributed by atoms with Crippen LogP contribution in [0.4, 0.5) is 10.1 Å². The molecule has 6 heteroatoms. The van der Waals surface area contributed by atoms with Crippen molar-refractivity contribution >= 4 is 23.3 Å². The van der Waals surface area contributed by atoms with Crippen LogP contribution in [0.25, 0.3) is 0 Å². The number of Topliss-reactive ketones (excluding diaryl/α,β-unsaturated/α-hetero) is 1. The molecule has 1 amide bonds. The van der Waals surface area contributed by atoms with Crippen LogP contribution in [0.1, 0.15) is 32.7 Å². The van der Waals surface area contributed by atoms with Crippen LogP contribution in [0.15, 0.2) is 42.5 Å². The van der Waals surface area contributed by atoms with Crippen LogP contribution in [0.3, 0.4) is 0 Å². The molecule has 2 aromatic carbocycles. The summed E-state index contributed by atoms with van der Waals surface area (Å²) in [6.07, 6.45) is -0.349. The van der Waals surface area contributed by atoms with Crippen LogP contribution < -0.4 is 5.32 Å². The van der Waals surface area contributed by atoms with E-state index in [1.807, 2.05) is 0 Å². The van der Waals surface area contributed by atoms with Gasteiger partial charge in [-0.3, -0.25) is 9.59 Å². The standard InChI is InChI=1S/C17H12FNO4/c18-12-3-1-10(2-4-12)15(20)8-16(21)19-13-5-6-14-11(7-13)9-23-17(14)22/h1-7H,8-9H2,(H,19,21). The zero-order valence-electron chi connectivity index (χ0n) is 12.0. The molecule has 23 heavy (non-hydrogen) atoms. The zero-order valence-corrected chi connectivity index (χ0v) is 12.0. The van der Waals surface area contributed by atoms with Gasteiger partial charge in [-0.2, -0.15) is 0 Å². The lowest BCUT2D eigenvalue weighted by atomic mass is 10.1. The summed E-state index contributed by atoms with van der Waals surface area (Å²) in [6, 6.07) is 9.80. The first-order chi connectivity index (χ1) is 11.0. The van der Waals surface area contributed by atoms with Gasteiger partial charge in [-0.25, -0.2) is 9.18 Å². The Balaban J connectivity index is 1.64. The van der Waals surface area contributed by atoms with Crippen molar-refractivity contribution in [3.8, 4) is 0 Å². The van der Waals surface area contributed by atoms with Gasteiger partial charge in [-0.15, -0.1) is 0 Å². The van der Waals surface area contributed by atoms with Crippen LogP contribution in [-0.2, 0) is 16.1 Å². The van der Waals surface area contributed by atoms with E-state index in [0.29, 0.717) is 16.8 Å². The Hall–Kier alpha value is -3.02. The number of anilines is 1. The maximum Gasteiger partial charge on any atom is 0.338 e. The highest BCUT2D eigenvalue weighted by atomic mass is 19.1. The maximum absolute atomic E-state index is 12.8. The molecule has 0 aromatic heterocycles. The van der Waals surface area contributed by atoms with Crippen LogP contribution in [0.2, 0.25) is 0 Å². The van der Waals surface area contributed by atoms with Gasteiger partial charge in [0, 0.05) is 16.8 Å². The number of benzene rings is 2. The van der Waals surface area contributed by atoms with E-state index in [1.54, 1.807) is 18.2 Å². The summed E-state index contributed by atoms with van der Waals surface area (Å²) in [4.78, 5) is 35.2. The molecule has 2 aromatic rings. The van der Waals surface area contributed by atoms with Gasteiger partial charge < -0.3 is 10.1 Å². The number of esters is 1. The Labute approximate surface area is 131 Å². The number of ketones is 1. The van der Waals surface area contributed by atoms with Crippen molar-refractivity contribution in [2.45, 2.75) is 13.0 Å². The Morgan fingerprint density at radius 1 is 1.13 bits per heavy atom. The van der Waals surface area contributed by atoms with Gasteiger partial charge in [0.2, 0.25) is 5.91 Å². The smallest absolute Gasteiger partial charge is 0.338 e. The van der Waals surface area contributed by atoms with Gasteiger partial charge in [0.15, 0.2) is 5.78 Å². The summed E-state index contributed by atoms with van der Waals surface area (Å²) in [5.74, 6) is -1.71. The normalized spacial score (nSPS) is 12.5. The summed E-state index contributed by atoms with van der Waals surface area (Å²) in [5, 5.41) is 2.60. The predicted octanol–water partition coefficient (Wildman–Crippen LogP) is 2.71. The van der Waals surface area contributed by atoms with Crippen molar-refractivity contribution < 1.29 is 23.5 Å². The molecule has 1 N–H and O–H groups in total. The largest absolute Gasteiger partial charge is 0.457 e. The Morgan fingerprint density at radius 2 is 1.87 bits per heavy atom. The number of rotatable bonds is 4. The van der Waals surface area contributed by atoms with Crippen LogP contribution in [-0.4, -0.2) is 17.7 Å². The number of carbonyl (C=O) groups excluding carboxylic acids is 3. The molecule has 0 radical (unpaired) electrons. The van der Waals surface area contributed by atoms with Crippen molar-refractivity contribution in [1.82, 2.24) is 0 Å². The molecule has 0 fully saturated rings. The third kappa shape index (κ3) is 3.26. The van der Waals surface area contributed by atoms with Crippen molar-refractivity contribution in [2.75, 3.05) is 5.32 Å². The van der Waals surface area contributed by atoms with Crippen molar-refractivity contribution in [3.63, 3.8) is 0 Å². The van der Waals surface area contributed by atoms with Crippen LogP contribution in [0, 0.1) is 5.82 Å². The first kappa shape index (κ1) is 14.9. The first-order valence-corrected chi connectivity index (χ1v) is 6.91. The number of hydrogen-bond acceptors (Lipinski definition) is 4. The van der Waals surface area contributed by atoms with Gasteiger partial charge in [0.25, 0.3) is 0 Å². The molecule has 0 unspecified atom stereocenters. The monoisotopic (exact) mass is 313 g/mol. The van der Waals surface area contributed by atoms with Gasteiger partial charge in [-0.1, -0.05) is 0 Å². The number of amides is 1. The molecular formula is C17H12FNO4. The highest BCUT2D eigenvalue weighted by Crippen LogP contribution is 2.23. The van der Waals surface area contributed by atoms with Crippen molar-refractivity contribution in [3.05, 3.63) is 65.0 Å². The SMILES string of the molecule is O=C(CC(=O)c1ccc(F)cc1)Nc1ccc2c(c1)COC2=O. The predicted molar refractivity (Wildman–Crippen MR) is 79.5 cm³/mol. The molecule has 5 nitrogen and oxygen atoms in total. The second-order valence-electron chi connectivity index (χ2n) is 5.10. The fourth-order valence-corrected chi connectivity index (χ4v) is 2.30. The summed E-state index contributed by atoms with van der Waals surface area (Å²) in [5.41, 5.74) is 1.93. The quantitative estimate of drug-likeness (QED) is 0.535. The number of halogens is 1. The minimum absolute atomic E-state index is 0.173. The lowest BCUT2D eigenvalue weighted by Gasteiger charge is -2.06. The molecule has 1 aliphatic rings. The molecule has 0 saturated heterocycles. The molecule has 0 spiro atoms. The van der Waals surface area contributed by atoms with E-state index in [9.17, 15) is 18.8 Å². The molecule has 1 heterocycles. The molecule has 0 atom stereocenters. The average Bonchev–Trinajstić information content (AvgIpc) is 2.88. The van der Waals surface area contributed by atoms with E-state index in [-0.39, 0.29) is 24.6 Å². The van der Waals surface area contributed by atoms with Gasteiger partial charge in [0.05, 0.1) is 12.0 Å². The second kappa shape index (κ2) is 6.00. The topological polar surface area (TPSA) is 72.5 Å². The van der Waals surface area contributed by atoms with Crippen LogP contribution in [0.5, 0.6) is 0 Å². The minimum atomic E-state index is -0.482. The van der Waals surface area contributed by atoms with Gasteiger partial charge in [-0.05, 0) is 42.5 Å². The lowest BCUT2D eigenvalue weighted by Crippen LogP contribution is -2.16. The number of fused-ring (bicyclic) bond motifs is 1. The molecule has 3 rings (SSSR count). The number of cyclic esters (lactones) is 1. The number of ether oxygens (including phenoxy) is 1.